The Bertz CT molecular complexity index is 1440. The number of carbonyl (C=O) groups is 1. The molecule has 0 aliphatic carbocycles. The van der Waals surface area contributed by atoms with Gasteiger partial charge in [0.25, 0.3) is 15.6 Å². The van der Waals surface area contributed by atoms with E-state index in [1.165, 1.54) is 28.3 Å². The molecule has 1 heterocycles. The molecule has 3 aromatic rings. The summed E-state index contributed by atoms with van der Waals surface area (Å²) in [5.74, 6) is -0.432. The first kappa shape index (κ1) is 29.4. The van der Waals surface area contributed by atoms with E-state index >= 15 is 0 Å². The van der Waals surface area contributed by atoms with Crippen molar-refractivity contribution < 1.29 is 18.0 Å². The highest BCUT2D eigenvalue weighted by molar-refractivity contribution is 7.92. The van der Waals surface area contributed by atoms with Crippen LogP contribution in [0.25, 0.3) is 0 Å². The molecule has 0 fully saturated rings. The lowest BCUT2D eigenvalue weighted by Gasteiger charge is -2.14. The minimum absolute atomic E-state index is 0.0153. The average Bonchev–Trinajstić information content (AvgIpc) is 2.91. The molecule has 0 spiro atoms. The number of benzene rings is 2. The number of rotatable bonds is 13. The first-order valence-corrected chi connectivity index (χ1v) is 13.9. The summed E-state index contributed by atoms with van der Waals surface area (Å²) in [6.45, 7) is 3.96. The average molecular weight is 555 g/mol. The SMILES string of the molecule is Cc1cccc(S(=O)(=O)Nc2ccc(C)n(CC(=O)NCCONC(=N)NCCCc3ccccc3)c2=O)c1. The third-order valence-electron chi connectivity index (χ3n) is 5.73. The lowest BCUT2D eigenvalue weighted by molar-refractivity contribution is -0.122. The lowest BCUT2D eigenvalue weighted by Crippen LogP contribution is -2.39. The van der Waals surface area contributed by atoms with Crippen LogP contribution in [0.3, 0.4) is 0 Å². The number of hydrogen-bond donors (Lipinski definition) is 5. The Hall–Kier alpha value is -4.16. The van der Waals surface area contributed by atoms with Crippen LogP contribution in [0.1, 0.15) is 23.2 Å². The van der Waals surface area contributed by atoms with E-state index in [0.29, 0.717) is 12.2 Å². The molecule has 11 nitrogen and oxygen atoms in total. The van der Waals surface area contributed by atoms with Gasteiger partial charge < -0.3 is 15.2 Å². The minimum atomic E-state index is -3.97. The number of pyridine rings is 1. The van der Waals surface area contributed by atoms with Crippen molar-refractivity contribution in [2.45, 2.75) is 38.1 Å². The lowest BCUT2D eigenvalue weighted by atomic mass is 10.1. The summed E-state index contributed by atoms with van der Waals surface area (Å²) in [6.07, 6.45) is 1.76. The van der Waals surface area contributed by atoms with E-state index in [-0.39, 0.29) is 36.2 Å². The monoisotopic (exact) mass is 554 g/mol. The first-order valence-electron chi connectivity index (χ1n) is 12.5. The van der Waals surface area contributed by atoms with Gasteiger partial charge >= 0.3 is 0 Å². The van der Waals surface area contributed by atoms with Gasteiger partial charge in [0.2, 0.25) is 11.9 Å². The number of carbonyl (C=O) groups excluding carboxylic acids is 1. The summed E-state index contributed by atoms with van der Waals surface area (Å²) in [4.78, 5) is 30.6. The van der Waals surface area contributed by atoms with Crippen molar-refractivity contribution in [3.05, 3.63) is 93.9 Å². The van der Waals surface area contributed by atoms with E-state index in [4.69, 9.17) is 10.2 Å². The number of hydrogen-bond acceptors (Lipinski definition) is 6. The first-order chi connectivity index (χ1) is 18.7. The predicted molar refractivity (Wildman–Crippen MR) is 150 cm³/mol. The van der Waals surface area contributed by atoms with Gasteiger partial charge in [0, 0.05) is 18.8 Å². The van der Waals surface area contributed by atoms with Crippen molar-refractivity contribution in [3.8, 4) is 0 Å². The van der Waals surface area contributed by atoms with Crippen LogP contribution in [0.4, 0.5) is 5.69 Å². The summed E-state index contributed by atoms with van der Waals surface area (Å²) >= 11 is 0. The number of hydroxylamine groups is 1. The molecule has 0 saturated carbocycles. The Kier molecular flexibility index (Phi) is 10.6. The maximum absolute atomic E-state index is 12.9. The Morgan fingerprint density at radius 1 is 0.974 bits per heavy atom. The number of sulfonamides is 1. The highest BCUT2D eigenvalue weighted by Gasteiger charge is 2.18. The Labute approximate surface area is 228 Å². The summed E-state index contributed by atoms with van der Waals surface area (Å²) in [6, 6.07) is 19.4. The number of anilines is 1. The van der Waals surface area contributed by atoms with Gasteiger partial charge in [0.05, 0.1) is 11.5 Å². The topological polar surface area (TPSA) is 154 Å². The molecule has 0 unspecified atom stereocenters. The molecule has 0 aliphatic rings. The summed E-state index contributed by atoms with van der Waals surface area (Å²) in [7, 11) is -3.97. The fourth-order valence-electron chi connectivity index (χ4n) is 3.68. The number of nitrogens with one attached hydrogen (secondary N) is 5. The van der Waals surface area contributed by atoms with E-state index < -0.39 is 21.5 Å². The molecule has 0 bridgehead atoms. The highest BCUT2D eigenvalue weighted by Crippen LogP contribution is 2.15. The number of aromatic nitrogens is 1. The zero-order chi connectivity index (χ0) is 28.3. The maximum atomic E-state index is 12.9. The van der Waals surface area contributed by atoms with Crippen LogP contribution < -0.4 is 26.4 Å². The van der Waals surface area contributed by atoms with Crippen LogP contribution in [-0.4, -0.2) is 44.5 Å². The van der Waals surface area contributed by atoms with Gasteiger partial charge in [-0.1, -0.05) is 42.5 Å². The fourth-order valence-corrected chi connectivity index (χ4v) is 4.84. The number of guanidine groups is 1. The van der Waals surface area contributed by atoms with Crippen LogP contribution in [0.5, 0.6) is 0 Å². The van der Waals surface area contributed by atoms with E-state index in [1.807, 2.05) is 18.2 Å². The van der Waals surface area contributed by atoms with Crippen LogP contribution in [0.15, 0.2) is 76.4 Å². The second kappa shape index (κ2) is 14.1. The van der Waals surface area contributed by atoms with Crippen molar-refractivity contribution in [2.75, 3.05) is 24.4 Å². The number of aryl methyl sites for hydroxylation is 3. The third kappa shape index (κ3) is 9.27. The molecule has 1 amide bonds. The van der Waals surface area contributed by atoms with Crippen LogP contribution in [-0.2, 0) is 32.6 Å². The smallest absolute Gasteiger partial charge is 0.275 e. The zero-order valence-electron chi connectivity index (χ0n) is 22.0. The second-order valence-electron chi connectivity index (χ2n) is 8.89. The van der Waals surface area contributed by atoms with E-state index in [1.54, 1.807) is 32.0 Å². The minimum Gasteiger partial charge on any atom is -0.355 e. The molecule has 39 heavy (non-hydrogen) atoms. The fraction of sp³-hybridized carbons (Fsp3) is 0.296. The standard InChI is InChI=1S/C27H34N6O5S/c1-20-8-6-12-23(18-20)39(36,37)32-24-14-13-21(2)33(26(24)35)19-25(34)29-16-17-38-31-27(28)30-15-7-11-22-9-4-3-5-10-22/h3-6,8-10,12-14,18,32H,7,11,15-17,19H2,1-2H3,(H,29,34)(H3,28,30,31). The molecule has 12 heteroatoms. The summed E-state index contributed by atoms with van der Waals surface area (Å²) in [5.41, 5.74) is 4.18. The molecule has 0 atom stereocenters. The van der Waals surface area contributed by atoms with Gasteiger partial charge in [0.15, 0.2) is 0 Å². The quantitative estimate of drug-likeness (QED) is 0.0938. The predicted octanol–water partition coefficient (Wildman–Crippen LogP) is 2.06. The summed E-state index contributed by atoms with van der Waals surface area (Å²) in [5, 5.41) is 13.4. The second-order valence-corrected chi connectivity index (χ2v) is 10.6. The van der Waals surface area contributed by atoms with E-state index in [0.717, 1.165) is 18.4 Å². The molecule has 0 aliphatic heterocycles. The van der Waals surface area contributed by atoms with E-state index in [2.05, 4.69) is 33.0 Å². The molecule has 0 saturated heterocycles. The van der Waals surface area contributed by atoms with Crippen molar-refractivity contribution in [1.29, 1.82) is 5.41 Å². The van der Waals surface area contributed by atoms with Crippen LogP contribution >= 0.6 is 0 Å². The van der Waals surface area contributed by atoms with Crippen molar-refractivity contribution in [3.63, 3.8) is 0 Å². The van der Waals surface area contributed by atoms with Crippen LogP contribution in [0.2, 0.25) is 0 Å². The molecule has 2 aromatic carbocycles. The van der Waals surface area contributed by atoms with Gasteiger partial charge in [-0.3, -0.25) is 24.6 Å². The molecule has 208 valence electrons. The number of amides is 1. The van der Waals surface area contributed by atoms with E-state index in [9.17, 15) is 18.0 Å². The largest absolute Gasteiger partial charge is 0.355 e. The molecular weight excluding hydrogens is 520 g/mol. The molecular formula is C27H34N6O5S. The van der Waals surface area contributed by atoms with Gasteiger partial charge in [-0.2, -0.15) is 0 Å². The van der Waals surface area contributed by atoms with Crippen LogP contribution in [0, 0.1) is 19.3 Å². The van der Waals surface area contributed by atoms with Gasteiger partial charge in [-0.25, -0.2) is 13.9 Å². The summed E-state index contributed by atoms with van der Waals surface area (Å²) < 4.78 is 29.0. The molecule has 3 rings (SSSR count). The highest BCUT2D eigenvalue weighted by atomic mass is 32.2. The normalized spacial score (nSPS) is 11.0. The van der Waals surface area contributed by atoms with Crippen molar-refractivity contribution >= 4 is 27.6 Å². The maximum Gasteiger partial charge on any atom is 0.275 e. The van der Waals surface area contributed by atoms with Crippen molar-refractivity contribution in [1.82, 2.24) is 20.7 Å². The van der Waals surface area contributed by atoms with Crippen molar-refractivity contribution in [2.24, 2.45) is 0 Å². The molecule has 1 aromatic heterocycles. The van der Waals surface area contributed by atoms with Gasteiger partial charge in [0.1, 0.15) is 12.2 Å². The molecule has 0 radical (unpaired) electrons. The molecule has 5 N–H and O–H groups in total. The Balaban J connectivity index is 1.41. The third-order valence-corrected chi connectivity index (χ3v) is 7.09. The van der Waals surface area contributed by atoms with Gasteiger partial charge in [-0.05, 0) is 62.1 Å². The zero-order valence-corrected chi connectivity index (χ0v) is 22.8. The Morgan fingerprint density at radius 2 is 1.74 bits per heavy atom. The van der Waals surface area contributed by atoms with Gasteiger partial charge in [-0.15, -0.1) is 0 Å². The number of nitrogens with zero attached hydrogens (tertiary/aromatic N) is 1. The Morgan fingerprint density at radius 3 is 2.49 bits per heavy atom.